The van der Waals surface area contributed by atoms with Crippen molar-refractivity contribution in [1.29, 1.82) is 0 Å². The van der Waals surface area contributed by atoms with Gasteiger partial charge >= 0.3 is 0 Å². The Morgan fingerprint density at radius 3 is 2.67 bits per heavy atom. The molecule has 2 aromatic heterocycles. The molecule has 8 heteroatoms. The minimum absolute atomic E-state index is 0.185. The van der Waals surface area contributed by atoms with Gasteiger partial charge in [0.25, 0.3) is 0 Å². The molecule has 4 rings (SSSR count). The van der Waals surface area contributed by atoms with Crippen molar-refractivity contribution in [2.24, 2.45) is 0 Å². The number of aryl methyl sites for hydroxylation is 1. The maximum atomic E-state index is 13.8. The second kappa shape index (κ2) is 10.3. The summed E-state index contributed by atoms with van der Waals surface area (Å²) < 4.78 is 16.1. The molecule has 1 saturated heterocycles. The van der Waals surface area contributed by atoms with Gasteiger partial charge in [0.2, 0.25) is 0 Å². The van der Waals surface area contributed by atoms with Crippen LogP contribution in [0, 0.1) is 12.7 Å². The molecule has 0 bridgehead atoms. The molecule has 3 heterocycles. The number of hydrogen-bond acceptors (Lipinski definition) is 6. The van der Waals surface area contributed by atoms with Gasteiger partial charge in [0, 0.05) is 49.4 Å². The molecular weight excluding hydrogens is 417 g/mol. The molecule has 33 heavy (non-hydrogen) atoms. The third-order valence-electron chi connectivity index (χ3n) is 6.51. The summed E-state index contributed by atoms with van der Waals surface area (Å²) in [6.07, 6.45) is 6.48. The van der Waals surface area contributed by atoms with Crippen LogP contribution in [-0.4, -0.2) is 45.7 Å². The van der Waals surface area contributed by atoms with E-state index >= 15 is 0 Å². The number of imidazole rings is 1. The Balaban J connectivity index is 1.56. The molecule has 0 atom stereocenters. The zero-order valence-electron chi connectivity index (χ0n) is 19.8. The lowest BCUT2D eigenvalue weighted by atomic mass is 9.95. The number of aromatic nitrogens is 4. The van der Waals surface area contributed by atoms with Crippen LogP contribution in [0.15, 0.2) is 30.7 Å². The van der Waals surface area contributed by atoms with Crippen molar-refractivity contribution in [1.82, 2.24) is 24.8 Å². The van der Waals surface area contributed by atoms with Gasteiger partial charge in [-0.15, -0.1) is 0 Å². The molecule has 1 fully saturated rings. The highest BCUT2D eigenvalue weighted by Crippen LogP contribution is 2.33. The molecule has 1 aromatic carbocycles. The number of nitrogens with zero attached hydrogens (tertiary/aromatic N) is 5. The summed E-state index contributed by atoms with van der Waals surface area (Å²) in [5.41, 5.74) is 9.62. The number of halogens is 1. The molecule has 176 valence electrons. The van der Waals surface area contributed by atoms with Gasteiger partial charge in [0.15, 0.2) is 0 Å². The first kappa shape index (κ1) is 23.2. The summed E-state index contributed by atoms with van der Waals surface area (Å²) in [5.74, 6) is 2.82. The van der Waals surface area contributed by atoms with Crippen molar-refractivity contribution in [3.05, 3.63) is 53.5 Å². The number of nitrogens with one attached hydrogen (secondary N) is 1. The average molecular weight is 452 g/mol. The van der Waals surface area contributed by atoms with E-state index in [1.54, 1.807) is 13.3 Å². The third kappa shape index (κ3) is 5.00. The summed E-state index contributed by atoms with van der Waals surface area (Å²) in [5, 5.41) is 3.41. The number of nitrogen functional groups attached to an aromatic ring is 1. The van der Waals surface area contributed by atoms with Crippen LogP contribution in [0.5, 0.6) is 0 Å². The van der Waals surface area contributed by atoms with Crippen LogP contribution in [0.3, 0.4) is 0 Å². The second-order valence-corrected chi connectivity index (χ2v) is 8.67. The van der Waals surface area contributed by atoms with E-state index < -0.39 is 0 Å². The summed E-state index contributed by atoms with van der Waals surface area (Å²) in [6.45, 7) is 10.5. The summed E-state index contributed by atoms with van der Waals surface area (Å²) in [4.78, 5) is 16.1. The molecule has 0 amide bonds. The predicted octanol–water partition coefficient (Wildman–Crippen LogP) is 3.93. The topological polar surface area (TPSA) is 84.9 Å². The Morgan fingerprint density at radius 2 is 1.97 bits per heavy atom. The molecule has 1 aliphatic heterocycles. The predicted molar refractivity (Wildman–Crippen MR) is 131 cm³/mol. The minimum Gasteiger partial charge on any atom is -0.383 e. The standard InChI is InChI=1S/C25H34FN7/c1-4-20-23(27)29-16-30-25(20)32-11-8-18(9-12-32)24-31-22(15-33(24)13-10-28-5-2)19-6-7-21(26)17(3)14-19/h6-7,14-16,18,28H,4-5,8-13H2,1-3H3,(H2,27,29,30). The Morgan fingerprint density at radius 1 is 1.18 bits per heavy atom. The Bertz CT molecular complexity index is 1090. The Hall–Kier alpha value is -3.00. The van der Waals surface area contributed by atoms with Crippen LogP contribution in [0.1, 0.15) is 49.6 Å². The fourth-order valence-corrected chi connectivity index (χ4v) is 4.63. The fourth-order valence-electron chi connectivity index (χ4n) is 4.63. The average Bonchev–Trinajstić information content (AvgIpc) is 3.25. The van der Waals surface area contributed by atoms with Crippen LogP contribution in [0.2, 0.25) is 0 Å². The smallest absolute Gasteiger partial charge is 0.137 e. The van der Waals surface area contributed by atoms with E-state index in [0.717, 1.165) is 80.4 Å². The zero-order chi connectivity index (χ0) is 23.4. The van der Waals surface area contributed by atoms with Crippen molar-refractivity contribution in [2.45, 2.75) is 52.5 Å². The third-order valence-corrected chi connectivity index (χ3v) is 6.51. The fraction of sp³-hybridized carbons (Fsp3) is 0.480. The lowest BCUT2D eigenvalue weighted by Gasteiger charge is -2.33. The first-order valence-electron chi connectivity index (χ1n) is 11.9. The highest BCUT2D eigenvalue weighted by Gasteiger charge is 2.27. The molecule has 3 N–H and O–H groups in total. The lowest BCUT2D eigenvalue weighted by molar-refractivity contribution is 0.458. The van der Waals surface area contributed by atoms with Crippen LogP contribution < -0.4 is 16.0 Å². The molecule has 0 unspecified atom stereocenters. The SMILES string of the molecule is CCNCCn1cc(-c2ccc(F)c(C)c2)nc1C1CCN(c2ncnc(N)c2CC)CC1. The van der Waals surface area contributed by atoms with Crippen molar-refractivity contribution in [3.63, 3.8) is 0 Å². The number of nitrogens with two attached hydrogens (primary N) is 1. The van der Waals surface area contributed by atoms with Gasteiger partial charge in [-0.3, -0.25) is 0 Å². The number of piperidine rings is 1. The number of rotatable bonds is 8. The molecule has 0 spiro atoms. The van der Waals surface area contributed by atoms with E-state index in [0.29, 0.717) is 17.3 Å². The highest BCUT2D eigenvalue weighted by atomic mass is 19.1. The van der Waals surface area contributed by atoms with Crippen molar-refractivity contribution in [3.8, 4) is 11.3 Å². The quantitative estimate of drug-likeness (QED) is 0.505. The molecule has 3 aromatic rings. The number of likely N-dealkylation sites (N-methyl/N-ethyl adjacent to an activating group) is 1. The maximum Gasteiger partial charge on any atom is 0.137 e. The Kier molecular flexibility index (Phi) is 7.23. The zero-order valence-corrected chi connectivity index (χ0v) is 19.8. The van der Waals surface area contributed by atoms with E-state index in [-0.39, 0.29) is 5.82 Å². The molecular formula is C25H34FN7. The molecule has 0 aliphatic carbocycles. The monoisotopic (exact) mass is 451 g/mol. The van der Waals surface area contributed by atoms with E-state index in [9.17, 15) is 4.39 Å². The Labute approximate surface area is 195 Å². The van der Waals surface area contributed by atoms with Crippen molar-refractivity contribution < 1.29 is 4.39 Å². The van der Waals surface area contributed by atoms with Gasteiger partial charge in [-0.05, 0) is 56.5 Å². The normalized spacial score (nSPS) is 14.7. The van der Waals surface area contributed by atoms with Gasteiger partial charge in [0.1, 0.15) is 29.6 Å². The van der Waals surface area contributed by atoms with E-state index in [1.807, 2.05) is 12.1 Å². The minimum atomic E-state index is -0.185. The molecule has 0 saturated carbocycles. The first-order valence-corrected chi connectivity index (χ1v) is 11.9. The second-order valence-electron chi connectivity index (χ2n) is 8.67. The highest BCUT2D eigenvalue weighted by molar-refractivity contribution is 5.60. The van der Waals surface area contributed by atoms with Crippen LogP contribution in [0.25, 0.3) is 11.3 Å². The molecule has 0 radical (unpaired) electrons. The van der Waals surface area contributed by atoms with Gasteiger partial charge in [-0.25, -0.2) is 19.3 Å². The molecule has 7 nitrogen and oxygen atoms in total. The van der Waals surface area contributed by atoms with Crippen LogP contribution in [-0.2, 0) is 13.0 Å². The van der Waals surface area contributed by atoms with Crippen molar-refractivity contribution >= 4 is 11.6 Å². The summed E-state index contributed by atoms with van der Waals surface area (Å²) in [6, 6.07) is 5.22. The largest absolute Gasteiger partial charge is 0.383 e. The van der Waals surface area contributed by atoms with Crippen LogP contribution in [0.4, 0.5) is 16.0 Å². The number of benzene rings is 1. The first-order chi connectivity index (χ1) is 16.0. The number of hydrogen-bond donors (Lipinski definition) is 2. The van der Waals surface area contributed by atoms with Gasteiger partial charge in [-0.2, -0.15) is 0 Å². The summed E-state index contributed by atoms with van der Waals surface area (Å²) >= 11 is 0. The van der Waals surface area contributed by atoms with Gasteiger partial charge < -0.3 is 20.5 Å². The van der Waals surface area contributed by atoms with E-state index in [1.165, 1.54) is 6.07 Å². The lowest BCUT2D eigenvalue weighted by Crippen LogP contribution is -2.35. The maximum absolute atomic E-state index is 13.8. The van der Waals surface area contributed by atoms with Crippen molar-refractivity contribution in [2.75, 3.05) is 36.8 Å². The van der Waals surface area contributed by atoms with Gasteiger partial charge in [-0.1, -0.05) is 13.8 Å². The van der Waals surface area contributed by atoms with Crippen LogP contribution >= 0.6 is 0 Å². The van der Waals surface area contributed by atoms with E-state index in [2.05, 4.69) is 44.8 Å². The molecule has 1 aliphatic rings. The number of anilines is 2. The van der Waals surface area contributed by atoms with Gasteiger partial charge in [0.05, 0.1) is 5.69 Å². The summed E-state index contributed by atoms with van der Waals surface area (Å²) in [7, 11) is 0. The van der Waals surface area contributed by atoms with E-state index in [4.69, 9.17) is 10.7 Å².